The lowest BCUT2D eigenvalue weighted by Gasteiger charge is -2.38. The van der Waals surface area contributed by atoms with Crippen LogP contribution in [0.4, 0.5) is 0 Å². The van der Waals surface area contributed by atoms with Gasteiger partial charge in [-0.3, -0.25) is 9.69 Å². The molecular formula is C17H22BrNO2. The van der Waals surface area contributed by atoms with Crippen molar-refractivity contribution in [1.29, 1.82) is 0 Å². The van der Waals surface area contributed by atoms with Gasteiger partial charge in [0, 0.05) is 11.0 Å². The molecule has 3 nitrogen and oxygen atoms in total. The van der Waals surface area contributed by atoms with Crippen molar-refractivity contribution in [2.24, 2.45) is 5.92 Å². The lowest BCUT2D eigenvalue weighted by atomic mass is 9.92. The fraction of sp³-hybridized carbons (Fsp3) is 0.588. The number of carbonyl (C=O) groups is 1. The first kappa shape index (κ1) is 15.0. The molecule has 0 radical (unpaired) electrons. The highest BCUT2D eigenvalue weighted by molar-refractivity contribution is 9.10. The summed E-state index contributed by atoms with van der Waals surface area (Å²) in [7, 11) is 0. The Kier molecular flexibility index (Phi) is 4.10. The summed E-state index contributed by atoms with van der Waals surface area (Å²) in [6.07, 6.45) is 2.44. The molecule has 1 aromatic rings. The van der Waals surface area contributed by atoms with E-state index in [1.165, 1.54) is 12.8 Å². The molecule has 1 fully saturated rings. The second-order valence-electron chi connectivity index (χ2n) is 6.42. The van der Waals surface area contributed by atoms with Gasteiger partial charge in [-0.15, -0.1) is 0 Å². The highest BCUT2D eigenvalue weighted by atomic mass is 79.9. The third-order valence-electron chi connectivity index (χ3n) is 4.86. The van der Waals surface area contributed by atoms with Crippen LogP contribution in [-0.2, 0) is 0 Å². The molecule has 3 rings (SSSR count). The number of carbonyl (C=O) groups excluding carboxylic acids is 1. The van der Waals surface area contributed by atoms with E-state index in [0.717, 1.165) is 40.0 Å². The number of halogens is 1. The molecule has 0 unspecified atom stereocenters. The van der Waals surface area contributed by atoms with E-state index in [4.69, 9.17) is 4.74 Å². The smallest absolute Gasteiger partial charge is 0.187 e. The molecule has 0 N–H and O–H groups in total. The van der Waals surface area contributed by atoms with Crippen LogP contribution in [-0.4, -0.2) is 36.4 Å². The van der Waals surface area contributed by atoms with Crippen molar-refractivity contribution in [1.82, 2.24) is 4.90 Å². The number of hydrogen-bond donors (Lipinski definition) is 0. The molecule has 1 aromatic carbocycles. The Morgan fingerprint density at radius 3 is 2.81 bits per heavy atom. The van der Waals surface area contributed by atoms with Gasteiger partial charge < -0.3 is 4.74 Å². The van der Waals surface area contributed by atoms with Crippen LogP contribution in [0.15, 0.2) is 10.5 Å². The zero-order chi connectivity index (χ0) is 15.1. The predicted molar refractivity (Wildman–Crippen MR) is 87.2 cm³/mol. The topological polar surface area (TPSA) is 29.5 Å². The zero-order valence-corrected chi connectivity index (χ0v) is 14.5. The van der Waals surface area contributed by atoms with Gasteiger partial charge in [-0.1, -0.05) is 22.9 Å². The summed E-state index contributed by atoms with van der Waals surface area (Å²) in [4.78, 5) is 15.2. The van der Waals surface area contributed by atoms with Crippen molar-refractivity contribution in [3.63, 3.8) is 0 Å². The first-order chi connectivity index (χ1) is 9.99. The van der Waals surface area contributed by atoms with Crippen LogP contribution in [0, 0.1) is 19.8 Å². The molecule has 2 atom stereocenters. The van der Waals surface area contributed by atoms with Gasteiger partial charge in [0.2, 0.25) is 0 Å². The number of benzene rings is 1. The zero-order valence-electron chi connectivity index (χ0n) is 12.9. The molecule has 2 aliphatic rings. The second kappa shape index (κ2) is 5.73. The number of ether oxygens (including phenoxy) is 1. The second-order valence-corrected chi connectivity index (χ2v) is 7.27. The van der Waals surface area contributed by atoms with Gasteiger partial charge in [0.25, 0.3) is 0 Å². The van der Waals surface area contributed by atoms with E-state index in [1.54, 1.807) is 0 Å². The van der Waals surface area contributed by atoms with Crippen molar-refractivity contribution in [3.05, 3.63) is 27.2 Å². The first-order valence-electron chi connectivity index (χ1n) is 7.69. The first-order valence-corrected chi connectivity index (χ1v) is 8.49. The largest absolute Gasteiger partial charge is 0.490 e. The molecule has 0 saturated carbocycles. The van der Waals surface area contributed by atoms with Gasteiger partial charge >= 0.3 is 0 Å². The van der Waals surface area contributed by atoms with E-state index in [-0.39, 0.29) is 11.8 Å². The molecule has 4 heteroatoms. The number of ketones is 1. The summed E-state index contributed by atoms with van der Waals surface area (Å²) in [5.74, 6) is 1.66. The van der Waals surface area contributed by atoms with Crippen molar-refractivity contribution >= 4 is 21.7 Å². The number of Topliss-reactive ketones (excluding diaryl/α,β-unsaturated/α-hetero) is 1. The van der Waals surface area contributed by atoms with E-state index >= 15 is 0 Å². The minimum Gasteiger partial charge on any atom is -0.490 e. The maximum atomic E-state index is 12.9. The summed E-state index contributed by atoms with van der Waals surface area (Å²) < 4.78 is 6.97. The number of piperidine rings is 1. The molecule has 1 saturated heterocycles. The molecule has 21 heavy (non-hydrogen) atoms. The van der Waals surface area contributed by atoms with Crippen LogP contribution in [0.1, 0.15) is 41.3 Å². The Morgan fingerprint density at radius 1 is 1.33 bits per heavy atom. The lowest BCUT2D eigenvalue weighted by molar-refractivity contribution is 0.0557. The van der Waals surface area contributed by atoms with E-state index < -0.39 is 0 Å². The van der Waals surface area contributed by atoms with Crippen LogP contribution >= 0.6 is 15.9 Å². The maximum Gasteiger partial charge on any atom is 0.187 e. The Hall–Kier alpha value is -0.870. The standard InChI is InChI=1S/C17H22BrNO2/c1-10-5-4-6-19(8-10)15-9-21-17-12(3)11(2)14(18)7-13(17)16(15)20/h7,10,15H,4-6,8-9H2,1-3H3/t10-,15+/m0/s1. The Labute approximate surface area is 134 Å². The fourth-order valence-corrected chi connectivity index (χ4v) is 3.94. The van der Waals surface area contributed by atoms with E-state index in [2.05, 4.69) is 27.8 Å². The monoisotopic (exact) mass is 351 g/mol. The van der Waals surface area contributed by atoms with Crippen LogP contribution in [0.5, 0.6) is 5.75 Å². The van der Waals surface area contributed by atoms with E-state index in [1.807, 2.05) is 19.9 Å². The van der Waals surface area contributed by atoms with Crippen molar-refractivity contribution in [2.75, 3.05) is 19.7 Å². The Balaban J connectivity index is 1.92. The van der Waals surface area contributed by atoms with Crippen LogP contribution in [0.3, 0.4) is 0 Å². The molecule has 114 valence electrons. The molecule has 0 amide bonds. The third kappa shape index (κ3) is 2.64. The normalized spacial score (nSPS) is 26.4. The van der Waals surface area contributed by atoms with Crippen LogP contribution in [0.2, 0.25) is 0 Å². The van der Waals surface area contributed by atoms with Gasteiger partial charge in [-0.05, 0) is 56.3 Å². The molecule has 0 aromatic heterocycles. The molecule has 0 bridgehead atoms. The van der Waals surface area contributed by atoms with Crippen molar-refractivity contribution < 1.29 is 9.53 Å². The average molecular weight is 352 g/mol. The van der Waals surface area contributed by atoms with Crippen molar-refractivity contribution in [2.45, 2.75) is 39.7 Å². The van der Waals surface area contributed by atoms with Gasteiger partial charge in [-0.25, -0.2) is 0 Å². The van der Waals surface area contributed by atoms with Gasteiger partial charge in [-0.2, -0.15) is 0 Å². The minimum atomic E-state index is -0.116. The SMILES string of the molecule is Cc1c(Br)cc2c(c1C)OC[C@@H](N1CCC[C@H](C)C1)C2=O. The number of fused-ring (bicyclic) bond motifs is 1. The number of rotatable bonds is 1. The van der Waals surface area contributed by atoms with E-state index in [0.29, 0.717) is 12.5 Å². The number of hydrogen-bond acceptors (Lipinski definition) is 3. The van der Waals surface area contributed by atoms with Crippen LogP contribution in [0.25, 0.3) is 0 Å². The Morgan fingerprint density at radius 2 is 2.10 bits per heavy atom. The van der Waals surface area contributed by atoms with Gasteiger partial charge in [0.05, 0.1) is 5.56 Å². The summed E-state index contributed by atoms with van der Waals surface area (Å²) in [6, 6.07) is 1.81. The van der Waals surface area contributed by atoms with Crippen LogP contribution < -0.4 is 4.74 Å². The molecule has 0 spiro atoms. The third-order valence-corrected chi connectivity index (χ3v) is 5.68. The summed E-state index contributed by atoms with van der Waals surface area (Å²) >= 11 is 3.56. The molecule has 2 heterocycles. The quantitative estimate of drug-likeness (QED) is 0.771. The lowest BCUT2D eigenvalue weighted by Crippen LogP contribution is -2.51. The van der Waals surface area contributed by atoms with Gasteiger partial charge in [0.1, 0.15) is 18.4 Å². The Bertz CT molecular complexity index is 585. The highest BCUT2D eigenvalue weighted by Crippen LogP contribution is 2.36. The average Bonchev–Trinajstić information content (AvgIpc) is 2.46. The minimum absolute atomic E-state index is 0.116. The maximum absolute atomic E-state index is 12.9. The molecule has 0 aliphatic carbocycles. The fourth-order valence-electron chi connectivity index (χ4n) is 3.42. The molecular weight excluding hydrogens is 330 g/mol. The summed E-state index contributed by atoms with van der Waals surface area (Å²) in [6.45, 7) is 8.83. The van der Waals surface area contributed by atoms with Crippen molar-refractivity contribution in [3.8, 4) is 5.75 Å². The van der Waals surface area contributed by atoms with Gasteiger partial charge in [0.15, 0.2) is 5.78 Å². The summed E-state index contributed by atoms with van der Waals surface area (Å²) in [5.41, 5.74) is 2.95. The number of likely N-dealkylation sites (tertiary alicyclic amines) is 1. The van der Waals surface area contributed by atoms with E-state index in [9.17, 15) is 4.79 Å². The number of nitrogens with zero attached hydrogens (tertiary/aromatic N) is 1. The molecule has 2 aliphatic heterocycles. The predicted octanol–water partition coefficient (Wildman–Crippen LogP) is 3.74. The highest BCUT2D eigenvalue weighted by Gasteiger charge is 2.36. The summed E-state index contributed by atoms with van der Waals surface area (Å²) in [5, 5.41) is 0.